The number of rotatable bonds is 5. The van der Waals surface area contributed by atoms with Crippen LogP contribution in [0, 0.1) is 0 Å². The number of benzene rings is 1. The SMILES string of the molecule is [Cl-].c1ccc(C(OCC[NH+]2CCCCC2)=C2CCCC2)cc1. The molecule has 1 aliphatic carbocycles. The van der Waals surface area contributed by atoms with Crippen molar-refractivity contribution in [3.05, 3.63) is 41.5 Å². The number of allylic oxidation sites excluding steroid dienone is 1. The molecule has 1 N–H and O–H groups in total. The molecule has 1 saturated carbocycles. The fourth-order valence-corrected chi connectivity index (χ4v) is 3.61. The minimum absolute atomic E-state index is 0. The highest BCUT2D eigenvalue weighted by molar-refractivity contribution is 5.63. The average molecular weight is 322 g/mol. The third kappa shape index (κ3) is 4.76. The number of nitrogens with one attached hydrogen (secondary N) is 1. The Balaban J connectivity index is 0.00000176. The largest absolute Gasteiger partial charge is 1.00 e. The third-order valence-electron chi connectivity index (χ3n) is 4.83. The van der Waals surface area contributed by atoms with Gasteiger partial charge in [-0.15, -0.1) is 0 Å². The van der Waals surface area contributed by atoms with E-state index >= 15 is 0 Å². The summed E-state index contributed by atoms with van der Waals surface area (Å²) in [5, 5.41) is 0. The van der Waals surface area contributed by atoms with Gasteiger partial charge in [-0.2, -0.15) is 0 Å². The van der Waals surface area contributed by atoms with Crippen molar-refractivity contribution in [3.8, 4) is 0 Å². The van der Waals surface area contributed by atoms with Crippen molar-refractivity contribution >= 4 is 5.76 Å². The molecule has 2 nitrogen and oxygen atoms in total. The van der Waals surface area contributed by atoms with Crippen molar-refractivity contribution in [1.82, 2.24) is 0 Å². The van der Waals surface area contributed by atoms with Crippen molar-refractivity contribution in [1.29, 1.82) is 0 Å². The first-order valence-electron chi connectivity index (χ1n) is 8.67. The van der Waals surface area contributed by atoms with Crippen LogP contribution >= 0.6 is 0 Å². The predicted octanol–water partition coefficient (Wildman–Crippen LogP) is 0.0611. The number of halogens is 1. The van der Waals surface area contributed by atoms with Crippen LogP contribution in [0.25, 0.3) is 5.76 Å². The number of quaternary nitrogens is 1. The zero-order valence-electron chi connectivity index (χ0n) is 13.5. The van der Waals surface area contributed by atoms with Gasteiger partial charge in [-0.1, -0.05) is 30.3 Å². The number of ether oxygens (including phenoxy) is 1. The quantitative estimate of drug-likeness (QED) is 0.757. The molecule has 1 aliphatic heterocycles. The lowest BCUT2D eigenvalue weighted by Gasteiger charge is -2.24. The molecular formula is C19H28ClNO. The van der Waals surface area contributed by atoms with E-state index in [0.717, 1.165) is 13.2 Å². The van der Waals surface area contributed by atoms with Gasteiger partial charge >= 0.3 is 0 Å². The van der Waals surface area contributed by atoms with Crippen molar-refractivity contribution in [2.24, 2.45) is 0 Å². The van der Waals surface area contributed by atoms with Crippen LogP contribution in [0.1, 0.15) is 50.5 Å². The van der Waals surface area contributed by atoms with Gasteiger partial charge in [0.1, 0.15) is 18.9 Å². The Hall–Kier alpha value is -0.990. The summed E-state index contributed by atoms with van der Waals surface area (Å²) in [5.74, 6) is 1.18. The van der Waals surface area contributed by atoms with Crippen LogP contribution < -0.4 is 17.3 Å². The van der Waals surface area contributed by atoms with Crippen LogP contribution in [-0.2, 0) is 4.74 Å². The van der Waals surface area contributed by atoms with Gasteiger partial charge in [0, 0.05) is 5.56 Å². The van der Waals surface area contributed by atoms with E-state index in [4.69, 9.17) is 4.74 Å². The fourth-order valence-electron chi connectivity index (χ4n) is 3.61. The molecule has 3 heteroatoms. The molecule has 3 rings (SSSR count). The van der Waals surface area contributed by atoms with Gasteiger partial charge in [-0.3, -0.25) is 0 Å². The van der Waals surface area contributed by atoms with Gasteiger partial charge < -0.3 is 22.0 Å². The maximum absolute atomic E-state index is 6.27. The highest BCUT2D eigenvalue weighted by Crippen LogP contribution is 2.32. The Labute approximate surface area is 141 Å². The van der Waals surface area contributed by atoms with Gasteiger partial charge in [-0.05, 0) is 50.5 Å². The first-order valence-corrected chi connectivity index (χ1v) is 8.67. The molecule has 1 aromatic rings. The molecule has 0 atom stereocenters. The van der Waals surface area contributed by atoms with E-state index < -0.39 is 0 Å². The molecule has 1 heterocycles. The monoisotopic (exact) mass is 321 g/mol. The Morgan fingerprint density at radius 3 is 2.27 bits per heavy atom. The van der Waals surface area contributed by atoms with Crippen molar-refractivity contribution in [2.45, 2.75) is 44.9 Å². The molecule has 1 aromatic carbocycles. The van der Waals surface area contributed by atoms with E-state index in [1.165, 1.54) is 74.9 Å². The topological polar surface area (TPSA) is 13.7 Å². The Morgan fingerprint density at radius 2 is 1.59 bits per heavy atom. The molecular weight excluding hydrogens is 294 g/mol. The molecule has 0 bridgehead atoms. The predicted molar refractivity (Wildman–Crippen MR) is 87.2 cm³/mol. The van der Waals surface area contributed by atoms with Gasteiger partial charge in [0.15, 0.2) is 0 Å². The van der Waals surface area contributed by atoms with Gasteiger partial charge in [0.05, 0.1) is 13.1 Å². The summed E-state index contributed by atoms with van der Waals surface area (Å²) in [5.41, 5.74) is 2.80. The summed E-state index contributed by atoms with van der Waals surface area (Å²) < 4.78 is 6.27. The van der Waals surface area contributed by atoms with Crippen molar-refractivity contribution in [3.63, 3.8) is 0 Å². The molecule has 2 fully saturated rings. The summed E-state index contributed by atoms with van der Waals surface area (Å²) in [6.07, 6.45) is 9.30. The van der Waals surface area contributed by atoms with E-state index in [1.807, 2.05) is 0 Å². The van der Waals surface area contributed by atoms with E-state index in [9.17, 15) is 0 Å². The first-order chi connectivity index (χ1) is 10.4. The van der Waals surface area contributed by atoms with Crippen LogP contribution in [0.2, 0.25) is 0 Å². The lowest BCUT2D eigenvalue weighted by Crippen LogP contribution is -3.13. The smallest absolute Gasteiger partial charge is 0.137 e. The first kappa shape index (κ1) is 17.4. The lowest BCUT2D eigenvalue weighted by atomic mass is 10.1. The minimum Gasteiger partial charge on any atom is -1.00 e. The molecule has 0 aromatic heterocycles. The Kier molecular flexibility index (Phi) is 7.28. The molecule has 0 unspecified atom stereocenters. The maximum Gasteiger partial charge on any atom is 0.137 e. The zero-order chi connectivity index (χ0) is 14.3. The number of hydrogen-bond donors (Lipinski definition) is 1. The van der Waals surface area contributed by atoms with E-state index in [1.54, 1.807) is 4.90 Å². The molecule has 0 spiro atoms. The summed E-state index contributed by atoms with van der Waals surface area (Å²) in [6.45, 7) is 4.69. The molecule has 2 aliphatic rings. The molecule has 0 amide bonds. The summed E-state index contributed by atoms with van der Waals surface area (Å²) in [4.78, 5) is 1.73. The number of hydrogen-bond acceptors (Lipinski definition) is 1. The normalized spacial score (nSPS) is 18.8. The van der Waals surface area contributed by atoms with Crippen molar-refractivity contribution < 1.29 is 22.0 Å². The summed E-state index contributed by atoms with van der Waals surface area (Å²) >= 11 is 0. The van der Waals surface area contributed by atoms with Gasteiger partial charge in [-0.25, -0.2) is 0 Å². The third-order valence-corrected chi connectivity index (χ3v) is 4.83. The van der Waals surface area contributed by atoms with Gasteiger partial charge in [0.2, 0.25) is 0 Å². The Bertz CT molecular complexity index is 458. The maximum atomic E-state index is 6.27. The molecule has 122 valence electrons. The van der Waals surface area contributed by atoms with Crippen LogP contribution in [0.5, 0.6) is 0 Å². The van der Waals surface area contributed by atoms with Crippen LogP contribution in [0.3, 0.4) is 0 Å². The average Bonchev–Trinajstić information content (AvgIpc) is 3.07. The number of piperidine rings is 1. The molecule has 1 saturated heterocycles. The van der Waals surface area contributed by atoms with E-state index in [2.05, 4.69) is 30.3 Å². The van der Waals surface area contributed by atoms with E-state index in [0.29, 0.717) is 0 Å². The van der Waals surface area contributed by atoms with Crippen LogP contribution in [0.4, 0.5) is 0 Å². The molecule has 0 radical (unpaired) electrons. The second-order valence-electron chi connectivity index (χ2n) is 6.41. The van der Waals surface area contributed by atoms with E-state index in [-0.39, 0.29) is 12.4 Å². The second kappa shape index (κ2) is 9.22. The summed E-state index contributed by atoms with van der Waals surface area (Å²) in [7, 11) is 0. The highest BCUT2D eigenvalue weighted by atomic mass is 35.5. The van der Waals surface area contributed by atoms with Crippen LogP contribution in [-0.4, -0.2) is 26.2 Å². The lowest BCUT2D eigenvalue weighted by molar-refractivity contribution is -0.905. The standard InChI is InChI=1S/C19H27NO.ClH/c1-3-9-17(10-4-1)19(18-11-5-6-12-18)21-16-15-20-13-7-2-8-14-20;/h1,3-4,9-10H,2,5-8,11-16H2;1H. The number of likely N-dealkylation sites (tertiary alicyclic amines) is 1. The zero-order valence-corrected chi connectivity index (χ0v) is 14.2. The molecule has 22 heavy (non-hydrogen) atoms. The second-order valence-corrected chi connectivity index (χ2v) is 6.41. The summed E-state index contributed by atoms with van der Waals surface area (Å²) in [6, 6.07) is 10.7. The highest BCUT2D eigenvalue weighted by Gasteiger charge is 2.17. The minimum atomic E-state index is 0. The fraction of sp³-hybridized carbons (Fsp3) is 0.579. The Morgan fingerprint density at radius 1 is 0.909 bits per heavy atom. The van der Waals surface area contributed by atoms with Gasteiger partial charge in [0.25, 0.3) is 0 Å². The van der Waals surface area contributed by atoms with Crippen LogP contribution in [0.15, 0.2) is 35.9 Å². The van der Waals surface area contributed by atoms with Crippen molar-refractivity contribution in [2.75, 3.05) is 26.2 Å².